The summed E-state index contributed by atoms with van der Waals surface area (Å²) in [5.41, 5.74) is 1.10. The topological polar surface area (TPSA) is 60.2 Å². The molecule has 0 aliphatic carbocycles. The molecule has 0 amide bonds. The monoisotopic (exact) mass is 279 g/mol. The van der Waals surface area contributed by atoms with Crippen LogP contribution in [0.2, 0.25) is 5.02 Å². The van der Waals surface area contributed by atoms with E-state index in [2.05, 4.69) is 15.5 Å². The van der Waals surface area contributed by atoms with Crippen molar-refractivity contribution in [2.45, 2.75) is 12.5 Å². The van der Waals surface area contributed by atoms with Gasteiger partial charge in [0.2, 0.25) is 5.89 Å². The molecule has 0 radical (unpaired) electrons. The summed E-state index contributed by atoms with van der Waals surface area (Å²) in [5, 5.41) is 8.00. The van der Waals surface area contributed by atoms with Crippen LogP contribution in [0.3, 0.4) is 0 Å². The third-order valence-corrected chi connectivity index (χ3v) is 3.23. The van der Waals surface area contributed by atoms with Crippen LogP contribution in [-0.2, 0) is 11.2 Å². The lowest BCUT2D eigenvalue weighted by atomic mass is 10.1. The average molecular weight is 280 g/mol. The van der Waals surface area contributed by atoms with Crippen molar-refractivity contribution in [2.24, 2.45) is 0 Å². The Hall–Kier alpha value is -1.43. The first-order chi connectivity index (χ1) is 9.31. The summed E-state index contributed by atoms with van der Waals surface area (Å²) in [7, 11) is 0. The van der Waals surface area contributed by atoms with Gasteiger partial charge in [-0.15, -0.1) is 0 Å². The Morgan fingerprint density at radius 3 is 2.89 bits per heavy atom. The van der Waals surface area contributed by atoms with Crippen molar-refractivity contribution in [3.05, 3.63) is 46.6 Å². The maximum absolute atomic E-state index is 5.85. The Morgan fingerprint density at radius 2 is 2.16 bits per heavy atom. The second kappa shape index (κ2) is 5.69. The Kier molecular flexibility index (Phi) is 3.77. The zero-order valence-corrected chi connectivity index (χ0v) is 11.1. The fraction of sp³-hybridized carbons (Fsp3) is 0.385. The van der Waals surface area contributed by atoms with Crippen molar-refractivity contribution >= 4 is 11.6 Å². The lowest BCUT2D eigenvalue weighted by Gasteiger charge is -2.20. The van der Waals surface area contributed by atoms with E-state index in [9.17, 15) is 0 Å². The molecule has 1 N–H and O–H groups in total. The SMILES string of the molecule is Clc1ccc(Cc2noc(C3COCCN3)n2)cc1. The van der Waals surface area contributed by atoms with Crippen molar-refractivity contribution in [2.75, 3.05) is 19.8 Å². The number of benzene rings is 1. The zero-order valence-electron chi connectivity index (χ0n) is 10.3. The Balaban J connectivity index is 1.68. The van der Waals surface area contributed by atoms with Gasteiger partial charge in [0.25, 0.3) is 0 Å². The number of nitrogens with one attached hydrogen (secondary N) is 1. The minimum absolute atomic E-state index is 0.000202. The molecule has 0 bridgehead atoms. The van der Waals surface area contributed by atoms with Crippen LogP contribution >= 0.6 is 11.6 Å². The fourth-order valence-electron chi connectivity index (χ4n) is 1.99. The van der Waals surface area contributed by atoms with E-state index < -0.39 is 0 Å². The van der Waals surface area contributed by atoms with Crippen molar-refractivity contribution in [3.63, 3.8) is 0 Å². The van der Waals surface area contributed by atoms with Crippen LogP contribution < -0.4 is 5.32 Å². The molecule has 100 valence electrons. The first kappa shape index (κ1) is 12.6. The number of halogens is 1. The number of rotatable bonds is 3. The summed E-state index contributed by atoms with van der Waals surface area (Å²) >= 11 is 5.85. The number of hydrogen-bond donors (Lipinski definition) is 1. The second-order valence-corrected chi connectivity index (χ2v) is 4.87. The van der Waals surface area contributed by atoms with Gasteiger partial charge in [-0.05, 0) is 17.7 Å². The van der Waals surface area contributed by atoms with Crippen molar-refractivity contribution < 1.29 is 9.26 Å². The molecule has 3 rings (SSSR count). The highest BCUT2D eigenvalue weighted by molar-refractivity contribution is 6.30. The Morgan fingerprint density at radius 1 is 1.32 bits per heavy atom. The molecule has 0 saturated carbocycles. The lowest BCUT2D eigenvalue weighted by Crippen LogP contribution is -2.34. The number of ether oxygens (including phenoxy) is 1. The summed E-state index contributed by atoms with van der Waals surface area (Å²) in [4.78, 5) is 4.40. The molecule has 5 nitrogen and oxygen atoms in total. The van der Waals surface area contributed by atoms with E-state index in [-0.39, 0.29) is 6.04 Å². The highest BCUT2D eigenvalue weighted by Crippen LogP contribution is 2.16. The summed E-state index contributed by atoms with van der Waals surface area (Å²) in [6.45, 7) is 2.10. The molecule has 19 heavy (non-hydrogen) atoms. The predicted molar refractivity (Wildman–Crippen MR) is 70.1 cm³/mol. The van der Waals surface area contributed by atoms with Crippen LogP contribution in [0.15, 0.2) is 28.8 Å². The van der Waals surface area contributed by atoms with Gasteiger partial charge in [0, 0.05) is 18.0 Å². The van der Waals surface area contributed by atoms with Crippen LogP contribution in [0.4, 0.5) is 0 Å². The van der Waals surface area contributed by atoms with E-state index in [4.69, 9.17) is 20.9 Å². The molecular formula is C13H14ClN3O2. The first-order valence-corrected chi connectivity index (χ1v) is 6.57. The van der Waals surface area contributed by atoms with Crippen LogP contribution in [0.1, 0.15) is 23.3 Å². The van der Waals surface area contributed by atoms with E-state index in [1.807, 2.05) is 24.3 Å². The normalized spacial score (nSPS) is 19.5. The summed E-state index contributed by atoms with van der Waals surface area (Å²) in [6, 6.07) is 7.63. The van der Waals surface area contributed by atoms with Crippen LogP contribution in [0.25, 0.3) is 0 Å². The predicted octanol–water partition coefficient (Wildman–Crippen LogP) is 1.97. The molecule has 1 aliphatic heterocycles. The van der Waals surface area contributed by atoms with Crippen molar-refractivity contribution in [3.8, 4) is 0 Å². The maximum Gasteiger partial charge on any atom is 0.246 e. The minimum atomic E-state index is 0.000202. The standard InChI is InChI=1S/C13H14ClN3O2/c14-10-3-1-9(2-4-10)7-12-16-13(19-17-12)11-8-18-6-5-15-11/h1-4,11,15H,5-8H2. The van der Waals surface area contributed by atoms with E-state index in [1.165, 1.54) is 0 Å². The molecule has 1 unspecified atom stereocenters. The van der Waals surface area contributed by atoms with E-state index in [0.717, 1.165) is 23.7 Å². The molecule has 1 aromatic heterocycles. The molecule has 1 fully saturated rings. The quantitative estimate of drug-likeness (QED) is 0.931. The fourth-order valence-corrected chi connectivity index (χ4v) is 2.12. The molecule has 1 saturated heterocycles. The molecule has 2 heterocycles. The Labute approximate surface area is 115 Å². The summed E-state index contributed by atoms with van der Waals surface area (Å²) in [5.74, 6) is 1.26. The first-order valence-electron chi connectivity index (χ1n) is 6.19. The van der Waals surface area contributed by atoms with E-state index in [1.54, 1.807) is 0 Å². The molecule has 1 atom stereocenters. The summed E-state index contributed by atoms with van der Waals surface area (Å²) in [6.07, 6.45) is 0.633. The highest BCUT2D eigenvalue weighted by Gasteiger charge is 2.21. The highest BCUT2D eigenvalue weighted by atomic mass is 35.5. The maximum atomic E-state index is 5.85. The molecule has 0 spiro atoms. The van der Waals surface area contributed by atoms with Gasteiger partial charge in [-0.2, -0.15) is 4.98 Å². The van der Waals surface area contributed by atoms with E-state index >= 15 is 0 Å². The smallest absolute Gasteiger partial charge is 0.246 e. The van der Waals surface area contributed by atoms with E-state index in [0.29, 0.717) is 24.7 Å². The number of hydrogen-bond acceptors (Lipinski definition) is 5. The average Bonchev–Trinajstić information content (AvgIpc) is 2.91. The minimum Gasteiger partial charge on any atom is -0.378 e. The van der Waals surface area contributed by atoms with Gasteiger partial charge in [0.05, 0.1) is 13.2 Å². The van der Waals surface area contributed by atoms with Gasteiger partial charge in [-0.3, -0.25) is 0 Å². The molecule has 1 aliphatic rings. The van der Waals surface area contributed by atoms with Gasteiger partial charge in [0.15, 0.2) is 5.82 Å². The van der Waals surface area contributed by atoms with Crippen molar-refractivity contribution in [1.29, 1.82) is 0 Å². The van der Waals surface area contributed by atoms with Crippen LogP contribution in [0.5, 0.6) is 0 Å². The molecule has 2 aromatic rings. The Bertz CT molecular complexity index is 535. The van der Waals surface area contributed by atoms with Gasteiger partial charge >= 0.3 is 0 Å². The summed E-state index contributed by atoms with van der Waals surface area (Å²) < 4.78 is 10.6. The van der Waals surface area contributed by atoms with Crippen LogP contribution in [0, 0.1) is 0 Å². The molecular weight excluding hydrogens is 266 g/mol. The van der Waals surface area contributed by atoms with Gasteiger partial charge < -0.3 is 14.6 Å². The van der Waals surface area contributed by atoms with Gasteiger partial charge in [-0.1, -0.05) is 28.9 Å². The zero-order chi connectivity index (χ0) is 13.1. The molecule has 1 aromatic carbocycles. The largest absolute Gasteiger partial charge is 0.378 e. The van der Waals surface area contributed by atoms with Crippen molar-refractivity contribution in [1.82, 2.24) is 15.5 Å². The molecule has 6 heteroatoms. The number of morpholine rings is 1. The lowest BCUT2D eigenvalue weighted by molar-refractivity contribution is 0.0659. The van der Waals surface area contributed by atoms with Gasteiger partial charge in [-0.25, -0.2) is 0 Å². The van der Waals surface area contributed by atoms with Crippen LogP contribution in [-0.4, -0.2) is 29.9 Å². The second-order valence-electron chi connectivity index (χ2n) is 4.43. The number of nitrogens with zero attached hydrogens (tertiary/aromatic N) is 2. The number of aromatic nitrogens is 2. The van der Waals surface area contributed by atoms with Gasteiger partial charge in [0.1, 0.15) is 6.04 Å². The third kappa shape index (κ3) is 3.12. The third-order valence-electron chi connectivity index (χ3n) is 2.98.